The molecule has 5 nitrogen and oxygen atoms in total. The molecule has 1 aliphatic heterocycles. The second-order valence-corrected chi connectivity index (χ2v) is 5.39. The van der Waals surface area contributed by atoms with Gasteiger partial charge >= 0.3 is 0 Å². The highest BCUT2D eigenvalue weighted by Gasteiger charge is 2.25. The number of likely N-dealkylation sites (tertiary alicyclic amines) is 1. The van der Waals surface area contributed by atoms with Crippen LogP contribution in [0, 0.1) is 5.82 Å². The fraction of sp³-hybridized carbons (Fsp3) is 0.467. The van der Waals surface area contributed by atoms with Gasteiger partial charge in [-0.15, -0.1) is 0 Å². The van der Waals surface area contributed by atoms with Gasteiger partial charge < -0.3 is 15.2 Å². The summed E-state index contributed by atoms with van der Waals surface area (Å²) in [5.74, 6) is 1.16. The molecular weight excluding hydrogens is 271 g/mol. The summed E-state index contributed by atoms with van der Waals surface area (Å²) in [6.45, 7) is 3.54. The fourth-order valence-corrected chi connectivity index (χ4v) is 2.76. The van der Waals surface area contributed by atoms with Gasteiger partial charge in [0, 0.05) is 25.2 Å². The smallest absolute Gasteiger partial charge is 0.231 e. The molecule has 0 amide bonds. The molecule has 0 saturated carbocycles. The van der Waals surface area contributed by atoms with Gasteiger partial charge in [-0.25, -0.2) is 4.39 Å². The maximum absolute atomic E-state index is 12.9. The molecule has 1 saturated heterocycles. The highest BCUT2D eigenvalue weighted by molar-refractivity contribution is 5.53. The Kier molecular flexibility index (Phi) is 4.26. The number of halogens is 1. The predicted octanol–water partition coefficient (Wildman–Crippen LogP) is 2.01. The average molecular weight is 290 g/mol. The lowest BCUT2D eigenvalue weighted by Crippen LogP contribution is -2.37. The maximum Gasteiger partial charge on any atom is 0.231 e. The van der Waals surface area contributed by atoms with Gasteiger partial charge in [-0.2, -0.15) is 4.98 Å². The van der Waals surface area contributed by atoms with E-state index in [1.165, 1.54) is 12.1 Å². The van der Waals surface area contributed by atoms with Crippen LogP contribution in [0.25, 0.3) is 11.4 Å². The zero-order chi connectivity index (χ0) is 14.7. The largest absolute Gasteiger partial charge is 0.339 e. The third kappa shape index (κ3) is 3.28. The number of rotatable bonds is 4. The van der Waals surface area contributed by atoms with E-state index in [4.69, 9.17) is 10.3 Å². The molecule has 2 heterocycles. The van der Waals surface area contributed by atoms with Gasteiger partial charge in [0.1, 0.15) is 5.82 Å². The van der Waals surface area contributed by atoms with Crippen LogP contribution in [0.4, 0.5) is 4.39 Å². The minimum absolute atomic E-state index is 0.256. The monoisotopic (exact) mass is 290 g/mol. The van der Waals surface area contributed by atoms with E-state index in [0.29, 0.717) is 18.3 Å². The Morgan fingerprint density at radius 3 is 2.90 bits per heavy atom. The highest BCUT2D eigenvalue weighted by atomic mass is 19.1. The summed E-state index contributed by atoms with van der Waals surface area (Å²) in [5, 5.41) is 4.01. The topological polar surface area (TPSA) is 68.2 Å². The molecule has 2 N–H and O–H groups in total. The van der Waals surface area contributed by atoms with Crippen LogP contribution in [-0.2, 0) is 0 Å². The molecular formula is C15H19FN4O. The van der Waals surface area contributed by atoms with Gasteiger partial charge in [0.25, 0.3) is 0 Å². The van der Waals surface area contributed by atoms with E-state index in [9.17, 15) is 4.39 Å². The molecule has 1 unspecified atom stereocenters. The van der Waals surface area contributed by atoms with Crippen molar-refractivity contribution in [2.24, 2.45) is 5.73 Å². The number of piperidine rings is 1. The van der Waals surface area contributed by atoms with Gasteiger partial charge in [-0.3, -0.25) is 0 Å². The lowest BCUT2D eigenvalue weighted by atomic mass is 9.98. The predicted molar refractivity (Wildman–Crippen MR) is 77.2 cm³/mol. The Morgan fingerprint density at radius 2 is 2.14 bits per heavy atom. The Bertz CT molecular complexity index is 582. The van der Waals surface area contributed by atoms with Crippen LogP contribution in [0.15, 0.2) is 28.8 Å². The van der Waals surface area contributed by atoms with Crippen molar-refractivity contribution < 1.29 is 8.91 Å². The van der Waals surface area contributed by atoms with E-state index in [0.717, 1.165) is 38.0 Å². The van der Waals surface area contributed by atoms with Crippen LogP contribution < -0.4 is 5.73 Å². The molecule has 1 aliphatic rings. The molecule has 6 heteroatoms. The highest BCUT2D eigenvalue weighted by Crippen LogP contribution is 2.27. The minimum atomic E-state index is -0.271. The van der Waals surface area contributed by atoms with Crippen molar-refractivity contribution in [3.05, 3.63) is 36.0 Å². The summed E-state index contributed by atoms with van der Waals surface area (Å²) >= 11 is 0. The average Bonchev–Trinajstić information content (AvgIpc) is 2.98. The van der Waals surface area contributed by atoms with Crippen LogP contribution >= 0.6 is 0 Å². The van der Waals surface area contributed by atoms with Crippen molar-refractivity contribution in [2.45, 2.75) is 18.8 Å². The third-order valence-electron chi connectivity index (χ3n) is 3.84. The summed E-state index contributed by atoms with van der Waals surface area (Å²) in [6.07, 6.45) is 2.16. The van der Waals surface area contributed by atoms with Crippen LogP contribution in [0.2, 0.25) is 0 Å². The zero-order valence-electron chi connectivity index (χ0n) is 11.8. The van der Waals surface area contributed by atoms with Crippen LogP contribution in [0.5, 0.6) is 0 Å². The Hall–Kier alpha value is -1.79. The first-order chi connectivity index (χ1) is 10.3. The van der Waals surface area contributed by atoms with E-state index < -0.39 is 0 Å². The Morgan fingerprint density at radius 1 is 1.33 bits per heavy atom. The molecule has 3 rings (SSSR count). The van der Waals surface area contributed by atoms with Gasteiger partial charge in [-0.05, 0) is 43.7 Å². The van der Waals surface area contributed by atoms with Gasteiger partial charge in [-0.1, -0.05) is 5.16 Å². The number of hydrogen-bond donors (Lipinski definition) is 1. The van der Waals surface area contributed by atoms with Crippen molar-refractivity contribution in [3.8, 4) is 11.4 Å². The summed E-state index contributed by atoms with van der Waals surface area (Å²) in [4.78, 5) is 6.80. The van der Waals surface area contributed by atoms with Crippen LogP contribution in [-0.4, -0.2) is 41.2 Å². The van der Waals surface area contributed by atoms with E-state index >= 15 is 0 Å². The SMILES string of the molecule is NCCN1CCCC(c2nc(-c3ccc(F)cc3)no2)C1. The maximum atomic E-state index is 12.9. The van der Waals surface area contributed by atoms with Crippen molar-refractivity contribution >= 4 is 0 Å². The first-order valence-electron chi connectivity index (χ1n) is 7.28. The summed E-state index contributed by atoms with van der Waals surface area (Å²) in [5.41, 5.74) is 6.38. The van der Waals surface area contributed by atoms with Crippen molar-refractivity contribution in [1.82, 2.24) is 15.0 Å². The lowest BCUT2D eigenvalue weighted by molar-refractivity contribution is 0.191. The minimum Gasteiger partial charge on any atom is -0.339 e. The molecule has 112 valence electrons. The zero-order valence-corrected chi connectivity index (χ0v) is 11.8. The number of aromatic nitrogens is 2. The van der Waals surface area contributed by atoms with E-state index in [1.807, 2.05) is 0 Å². The number of nitrogens with zero attached hydrogens (tertiary/aromatic N) is 3. The molecule has 1 fully saturated rings. The normalized spacial score (nSPS) is 19.8. The third-order valence-corrected chi connectivity index (χ3v) is 3.84. The lowest BCUT2D eigenvalue weighted by Gasteiger charge is -2.30. The number of hydrogen-bond acceptors (Lipinski definition) is 5. The van der Waals surface area contributed by atoms with Gasteiger partial charge in [0.2, 0.25) is 11.7 Å². The first kappa shape index (κ1) is 14.2. The quantitative estimate of drug-likeness (QED) is 0.933. The summed E-state index contributed by atoms with van der Waals surface area (Å²) in [6, 6.07) is 6.11. The molecule has 1 aromatic heterocycles. The summed E-state index contributed by atoms with van der Waals surface area (Å²) < 4.78 is 18.3. The molecule has 1 atom stereocenters. The van der Waals surface area contributed by atoms with Gasteiger partial charge in [0.15, 0.2) is 0 Å². The number of benzene rings is 1. The Balaban J connectivity index is 1.73. The molecule has 0 aliphatic carbocycles. The van der Waals surface area contributed by atoms with E-state index in [-0.39, 0.29) is 11.7 Å². The molecule has 0 spiro atoms. The fourth-order valence-electron chi connectivity index (χ4n) is 2.76. The Labute approximate surface area is 122 Å². The van der Waals surface area contributed by atoms with Gasteiger partial charge in [0.05, 0.1) is 5.92 Å². The van der Waals surface area contributed by atoms with E-state index in [2.05, 4.69) is 15.0 Å². The second-order valence-electron chi connectivity index (χ2n) is 5.39. The summed E-state index contributed by atoms with van der Waals surface area (Å²) in [7, 11) is 0. The number of nitrogens with two attached hydrogens (primary N) is 1. The standard InChI is InChI=1S/C15H19FN4O/c16-13-5-3-11(4-6-13)14-18-15(21-19-14)12-2-1-8-20(10-12)9-7-17/h3-6,12H,1-2,7-10,17H2. The molecule has 21 heavy (non-hydrogen) atoms. The molecule has 1 aromatic carbocycles. The van der Waals surface area contributed by atoms with Crippen molar-refractivity contribution in [1.29, 1.82) is 0 Å². The van der Waals surface area contributed by atoms with Crippen LogP contribution in [0.3, 0.4) is 0 Å². The molecule has 0 bridgehead atoms. The molecule has 0 radical (unpaired) electrons. The van der Waals surface area contributed by atoms with E-state index in [1.54, 1.807) is 12.1 Å². The molecule has 2 aromatic rings. The van der Waals surface area contributed by atoms with Crippen LogP contribution in [0.1, 0.15) is 24.7 Å². The van der Waals surface area contributed by atoms with Crippen molar-refractivity contribution in [3.63, 3.8) is 0 Å². The second kappa shape index (κ2) is 6.32. The first-order valence-corrected chi connectivity index (χ1v) is 7.28. The van der Waals surface area contributed by atoms with Crippen molar-refractivity contribution in [2.75, 3.05) is 26.2 Å².